The van der Waals surface area contributed by atoms with Crippen LogP contribution in [0.2, 0.25) is 0 Å². The van der Waals surface area contributed by atoms with E-state index >= 15 is 0 Å². The predicted octanol–water partition coefficient (Wildman–Crippen LogP) is 4.20. The second-order valence-corrected chi connectivity index (χ2v) is 3.03. The largest absolute Gasteiger partial charge is 0.0796 e. The van der Waals surface area contributed by atoms with Crippen molar-refractivity contribution in [3.05, 3.63) is 34.4 Å². The van der Waals surface area contributed by atoms with E-state index in [1.165, 1.54) is 5.57 Å². The molecule has 11 heavy (non-hydrogen) atoms. The lowest BCUT2D eigenvalue weighted by Crippen LogP contribution is -1.64. The minimum Gasteiger partial charge on any atom is -0.0796 e. The van der Waals surface area contributed by atoms with Gasteiger partial charge in [-0.05, 0) is 19.4 Å². The number of hydrogen-bond acceptors (Lipinski definition) is 0. The van der Waals surface area contributed by atoms with E-state index in [4.69, 9.17) is 0 Å². The van der Waals surface area contributed by atoms with Crippen molar-refractivity contribution >= 4 is 15.9 Å². The average molecular weight is 215 g/mol. The van der Waals surface area contributed by atoms with Crippen LogP contribution in [-0.2, 0) is 0 Å². The molecule has 0 saturated carbocycles. The van der Waals surface area contributed by atoms with Gasteiger partial charge in [-0.15, -0.1) is 0 Å². The predicted molar refractivity (Wildman–Crippen MR) is 55.9 cm³/mol. The van der Waals surface area contributed by atoms with E-state index in [9.17, 15) is 0 Å². The van der Waals surface area contributed by atoms with Crippen LogP contribution in [0.4, 0.5) is 0 Å². The van der Waals surface area contributed by atoms with Crippen molar-refractivity contribution in [1.82, 2.24) is 0 Å². The molecule has 0 aliphatic heterocycles. The van der Waals surface area contributed by atoms with Gasteiger partial charge in [0.15, 0.2) is 0 Å². The van der Waals surface area contributed by atoms with Gasteiger partial charge in [0, 0.05) is 4.48 Å². The molecular formula is C10H15Br. The third-order valence-electron chi connectivity index (χ3n) is 1.22. The number of halogens is 1. The van der Waals surface area contributed by atoms with Crippen molar-refractivity contribution in [2.75, 3.05) is 0 Å². The van der Waals surface area contributed by atoms with Gasteiger partial charge in [-0.1, -0.05) is 53.6 Å². The minimum atomic E-state index is 1.05. The van der Waals surface area contributed by atoms with Crippen LogP contribution in [0.1, 0.15) is 27.2 Å². The van der Waals surface area contributed by atoms with E-state index in [1.54, 1.807) is 0 Å². The van der Waals surface area contributed by atoms with Crippen LogP contribution in [0.25, 0.3) is 0 Å². The van der Waals surface area contributed by atoms with Gasteiger partial charge in [-0.25, -0.2) is 0 Å². The summed E-state index contributed by atoms with van der Waals surface area (Å²) in [6.07, 6.45) is 9.58. The summed E-state index contributed by atoms with van der Waals surface area (Å²) in [7, 11) is 0. The van der Waals surface area contributed by atoms with Gasteiger partial charge in [0.25, 0.3) is 0 Å². The zero-order valence-corrected chi connectivity index (χ0v) is 8.98. The van der Waals surface area contributed by atoms with Crippen molar-refractivity contribution in [1.29, 1.82) is 0 Å². The molecule has 0 heterocycles. The lowest BCUT2D eigenvalue weighted by atomic mass is 10.2. The lowest BCUT2D eigenvalue weighted by molar-refractivity contribution is 1.35. The first-order valence-electron chi connectivity index (χ1n) is 3.99. The van der Waals surface area contributed by atoms with Crippen LogP contribution < -0.4 is 0 Å². The SMILES string of the molecule is CC.CC1=CCC=CC(Br)=C1. The monoisotopic (exact) mass is 214 g/mol. The van der Waals surface area contributed by atoms with Crippen molar-refractivity contribution in [3.63, 3.8) is 0 Å². The van der Waals surface area contributed by atoms with Crippen LogP contribution in [-0.4, -0.2) is 0 Å². The zero-order valence-electron chi connectivity index (χ0n) is 7.39. The van der Waals surface area contributed by atoms with Crippen molar-refractivity contribution in [2.24, 2.45) is 0 Å². The highest BCUT2D eigenvalue weighted by atomic mass is 79.9. The summed E-state index contributed by atoms with van der Waals surface area (Å²) in [6, 6.07) is 0. The molecule has 0 aromatic carbocycles. The Morgan fingerprint density at radius 3 is 2.64 bits per heavy atom. The van der Waals surface area contributed by atoms with E-state index in [1.807, 2.05) is 13.8 Å². The minimum absolute atomic E-state index is 1.05. The Morgan fingerprint density at radius 1 is 1.36 bits per heavy atom. The van der Waals surface area contributed by atoms with Crippen molar-refractivity contribution < 1.29 is 0 Å². The summed E-state index contributed by atoms with van der Waals surface area (Å²) in [5, 5.41) is 0. The molecule has 62 valence electrons. The van der Waals surface area contributed by atoms with Gasteiger partial charge >= 0.3 is 0 Å². The first-order chi connectivity index (χ1) is 5.29. The number of rotatable bonds is 0. The Kier molecular flexibility index (Phi) is 6.24. The second-order valence-electron chi connectivity index (χ2n) is 2.12. The zero-order chi connectivity index (χ0) is 8.69. The standard InChI is InChI=1S/C8H9Br.C2H6/c1-7-4-2-3-5-8(9)6-7;1-2/h3-6H,2H2,1H3;1-2H3. The number of hydrogen-bond donors (Lipinski definition) is 0. The maximum Gasteiger partial charge on any atom is 0.0174 e. The van der Waals surface area contributed by atoms with Crippen LogP contribution in [0.5, 0.6) is 0 Å². The summed E-state index contributed by atoms with van der Waals surface area (Å²) < 4.78 is 1.16. The molecule has 0 nitrogen and oxygen atoms in total. The maximum absolute atomic E-state index is 3.41. The van der Waals surface area contributed by atoms with Crippen LogP contribution in [0, 0.1) is 0 Å². The Bertz CT molecular complexity index is 185. The Labute approximate surface area is 77.8 Å². The molecule has 0 amide bonds. The molecule has 1 aliphatic carbocycles. The van der Waals surface area contributed by atoms with Crippen LogP contribution in [0.3, 0.4) is 0 Å². The van der Waals surface area contributed by atoms with Gasteiger partial charge in [0.2, 0.25) is 0 Å². The van der Waals surface area contributed by atoms with Gasteiger partial charge in [0.1, 0.15) is 0 Å². The fourth-order valence-corrected chi connectivity index (χ4v) is 1.31. The smallest absolute Gasteiger partial charge is 0.0174 e. The molecular weight excluding hydrogens is 200 g/mol. The highest BCUT2D eigenvalue weighted by Gasteiger charge is 1.89. The first-order valence-corrected chi connectivity index (χ1v) is 4.79. The summed E-state index contributed by atoms with van der Waals surface area (Å²) in [6.45, 7) is 6.11. The van der Waals surface area contributed by atoms with Gasteiger partial charge in [0.05, 0.1) is 0 Å². The number of allylic oxidation sites excluding steroid dienone is 6. The molecule has 0 N–H and O–H groups in total. The molecule has 0 saturated heterocycles. The maximum atomic E-state index is 3.41. The van der Waals surface area contributed by atoms with Crippen molar-refractivity contribution in [2.45, 2.75) is 27.2 Å². The molecule has 0 atom stereocenters. The summed E-state index contributed by atoms with van der Waals surface area (Å²) >= 11 is 3.41. The second kappa shape index (κ2) is 6.41. The third-order valence-corrected chi connectivity index (χ3v) is 1.71. The highest BCUT2D eigenvalue weighted by Crippen LogP contribution is 2.14. The fourth-order valence-electron chi connectivity index (χ4n) is 0.759. The molecule has 0 spiro atoms. The molecule has 0 fully saturated rings. The highest BCUT2D eigenvalue weighted by molar-refractivity contribution is 9.11. The molecule has 0 radical (unpaired) electrons. The van der Waals surface area contributed by atoms with Crippen molar-refractivity contribution in [3.8, 4) is 0 Å². The van der Waals surface area contributed by atoms with E-state index in [0.717, 1.165) is 10.9 Å². The fraction of sp³-hybridized carbons (Fsp3) is 0.400. The Hall–Kier alpha value is -0.300. The third kappa shape index (κ3) is 5.02. The van der Waals surface area contributed by atoms with E-state index in [0.29, 0.717) is 0 Å². The summed E-state index contributed by atoms with van der Waals surface area (Å²) in [5.74, 6) is 0. The molecule has 0 aromatic heterocycles. The van der Waals surface area contributed by atoms with Crippen LogP contribution in [0.15, 0.2) is 34.4 Å². The Balaban J connectivity index is 0.000000461. The van der Waals surface area contributed by atoms with Gasteiger partial charge in [-0.2, -0.15) is 0 Å². The normalized spacial score (nSPS) is 15.6. The van der Waals surface area contributed by atoms with Crippen LogP contribution >= 0.6 is 15.9 Å². The Morgan fingerprint density at radius 2 is 2.00 bits per heavy atom. The summed E-state index contributed by atoms with van der Waals surface area (Å²) in [4.78, 5) is 0. The molecule has 0 bridgehead atoms. The molecule has 1 heteroatoms. The molecule has 0 aromatic rings. The van der Waals surface area contributed by atoms with E-state index < -0.39 is 0 Å². The molecule has 0 unspecified atom stereocenters. The molecule has 1 aliphatic rings. The topological polar surface area (TPSA) is 0 Å². The quantitative estimate of drug-likeness (QED) is 0.568. The first kappa shape index (κ1) is 10.7. The average Bonchev–Trinajstić information content (AvgIpc) is 2.18. The van der Waals surface area contributed by atoms with Gasteiger partial charge in [-0.3, -0.25) is 0 Å². The van der Waals surface area contributed by atoms with E-state index in [-0.39, 0.29) is 0 Å². The van der Waals surface area contributed by atoms with Gasteiger partial charge < -0.3 is 0 Å². The van der Waals surface area contributed by atoms with E-state index in [2.05, 4.69) is 47.2 Å². The summed E-state index contributed by atoms with van der Waals surface area (Å²) in [5.41, 5.74) is 1.33. The lowest BCUT2D eigenvalue weighted by Gasteiger charge is -1.86. The molecule has 1 rings (SSSR count).